The number of aromatic nitrogens is 4. The van der Waals surface area contributed by atoms with Gasteiger partial charge in [0.2, 0.25) is 5.91 Å². The average Bonchev–Trinajstić information content (AvgIpc) is 3.15. The topological polar surface area (TPSA) is 84.6 Å². The molecule has 1 aliphatic heterocycles. The summed E-state index contributed by atoms with van der Waals surface area (Å²) in [4.78, 5) is 14.7. The highest BCUT2D eigenvalue weighted by Gasteiger charge is 2.16. The number of piperidine rings is 1. The summed E-state index contributed by atoms with van der Waals surface area (Å²) in [7, 11) is 1.55. The van der Waals surface area contributed by atoms with Crippen molar-refractivity contribution in [1.29, 1.82) is 0 Å². The third kappa shape index (κ3) is 4.42. The van der Waals surface area contributed by atoms with Gasteiger partial charge >= 0.3 is 0 Å². The number of benzene rings is 1. The van der Waals surface area contributed by atoms with Crippen LogP contribution in [-0.4, -0.2) is 45.9 Å². The lowest BCUT2D eigenvalue weighted by atomic mass is 10.1. The first-order chi connectivity index (χ1) is 14.1. The van der Waals surface area contributed by atoms with E-state index >= 15 is 0 Å². The Hall–Kier alpha value is -2.87. The van der Waals surface area contributed by atoms with Gasteiger partial charge in [-0.2, -0.15) is 4.52 Å². The Morgan fingerprint density at radius 1 is 1.17 bits per heavy atom. The molecule has 1 fully saturated rings. The van der Waals surface area contributed by atoms with Crippen LogP contribution in [0.25, 0.3) is 5.65 Å². The summed E-state index contributed by atoms with van der Waals surface area (Å²) in [5.74, 6) is 1.98. The van der Waals surface area contributed by atoms with Gasteiger partial charge in [-0.25, -0.2) is 0 Å². The van der Waals surface area contributed by atoms with Crippen molar-refractivity contribution >= 4 is 34.7 Å². The number of aryl methyl sites for hydroxylation is 1. The van der Waals surface area contributed by atoms with Gasteiger partial charge < -0.3 is 15.0 Å². The van der Waals surface area contributed by atoms with Gasteiger partial charge in [-0.3, -0.25) is 4.79 Å². The first-order valence-electron chi connectivity index (χ1n) is 9.74. The van der Waals surface area contributed by atoms with Crippen LogP contribution in [0.3, 0.4) is 0 Å². The van der Waals surface area contributed by atoms with E-state index in [-0.39, 0.29) is 12.3 Å². The highest BCUT2D eigenvalue weighted by molar-refractivity contribution is 6.31. The number of anilines is 2. The second kappa shape index (κ2) is 8.65. The number of carbonyl (C=O) groups excluding carboxylic acids is 1. The van der Waals surface area contributed by atoms with Crippen LogP contribution >= 0.6 is 11.6 Å². The molecule has 1 N–H and O–H groups in total. The van der Waals surface area contributed by atoms with Crippen LogP contribution in [-0.2, 0) is 11.2 Å². The van der Waals surface area contributed by atoms with Gasteiger partial charge in [-0.05, 0) is 49.6 Å². The molecule has 1 saturated heterocycles. The fraction of sp³-hybridized carbons (Fsp3) is 0.400. The number of rotatable bonds is 6. The molecule has 8 nitrogen and oxygen atoms in total. The van der Waals surface area contributed by atoms with E-state index in [1.54, 1.807) is 29.8 Å². The molecule has 0 unspecified atom stereocenters. The van der Waals surface area contributed by atoms with Gasteiger partial charge in [0.05, 0.1) is 12.8 Å². The molecule has 3 aromatic rings. The van der Waals surface area contributed by atoms with Crippen molar-refractivity contribution in [3.8, 4) is 5.75 Å². The van der Waals surface area contributed by atoms with Crippen molar-refractivity contribution < 1.29 is 9.53 Å². The van der Waals surface area contributed by atoms with Crippen molar-refractivity contribution in [1.82, 2.24) is 19.8 Å². The third-order valence-corrected chi connectivity index (χ3v) is 5.24. The van der Waals surface area contributed by atoms with E-state index in [1.165, 1.54) is 19.3 Å². The van der Waals surface area contributed by atoms with E-state index in [4.69, 9.17) is 21.4 Å². The molecule has 9 heteroatoms. The van der Waals surface area contributed by atoms with Crippen LogP contribution in [0.5, 0.6) is 5.75 Å². The Labute approximate surface area is 173 Å². The Balaban J connectivity index is 1.45. The minimum absolute atomic E-state index is 0.158. The molecule has 152 valence electrons. The maximum Gasteiger partial charge on any atom is 0.224 e. The number of carbonyl (C=O) groups is 1. The molecule has 3 heterocycles. The Bertz CT molecular complexity index is 1020. The Morgan fingerprint density at radius 3 is 2.79 bits per heavy atom. The van der Waals surface area contributed by atoms with Gasteiger partial charge in [0, 0.05) is 31.0 Å². The van der Waals surface area contributed by atoms with Crippen LogP contribution in [0, 0.1) is 0 Å². The highest BCUT2D eigenvalue weighted by atomic mass is 35.5. The van der Waals surface area contributed by atoms with Crippen molar-refractivity contribution in [3.05, 3.63) is 41.2 Å². The highest BCUT2D eigenvalue weighted by Crippen LogP contribution is 2.27. The third-order valence-electron chi connectivity index (χ3n) is 5.00. The number of hydrogen-bond acceptors (Lipinski definition) is 6. The molecule has 2 aromatic heterocycles. The number of nitrogens with one attached hydrogen (secondary N) is 1. The van der Waals surface area contributed by atoms with E-state index < -0.39 is 0 Å². The van der Waals surface area contributed by atoms with E-state index in [9.17, 15) is 4.79 Å². The Kier molecular flexibility index (Phi) is 5.80. The maximum atomic E-state index is 12.4. The van der Waals surface area contributed by atoms with Gasteiger partial charge in [0.25, 0.3) is 0 Å². The zero-order chi connectivity index (χ0) is 20.2. The molecule has 0 atom stereocenters. The number of nitrogens with zero attached hydrogens (tertiary/aromatic N) is 5. The standard InChI is InChI=1S/C20H23ClN6O2/c1-29-16-6-5-14(21)13-15(16)22-20(28)10-9-18-24-23-17-7-8-19(25-27(17)18)26-11-3-2-4-12-26/h5-8,13H,2-4,9-12H2,1H3,(H,22,28). The maximum absolute atomic E-state index is 12.4. The van der Waals surface area contributed by atoms with E-state index in [0.717, 1.165) is 18.9 Å². The monoisotopic (exact) mass is 414 g/mol. The van der Waals surface area contributed by atoms with E-state index in [1.807, 2.05) is 12.1 Å². The second-order valence-corrected chi connectivity index (χ2v) is 7.45. The lowest BCUT2D eigenvalue weighted by molar-refractivity contribution is -0.116. The largest absolute Gasteiger partial charge is 0.495 e. The minimum atomic E-state index is -0.158. The van der Waals surface area contributed by atoms with Gasteiger partial charge in [-0.15, -0.1) is 15.3 Å². The number of fused-ring (bicyclic) bond motifs is 1. The van der Waals surface area contributed by atoms with Gasteiger partial charge in [0.1, 0.15) is 11.6 Å². The normalized spacial score (nSPS) is 14.2. The average molecular weight is 415 g/mol. The molecule has 0 spiro atoms. The predicted octanol–water partition coefficient (Wildman–Crippen LogP) is 3.35. The summed E-state index contributed by atoms with van der Waals surface area (Å²) in [6.45, 7) is 2.03. The van der Waals surface area contributed by atoms with Crippen molar-refractivity contribution in [2.75, 3.05) is 30.4 Å². The zero-order valence-corrected chi connectivity index (χ0v) is 17.0. The van der Waals surface area contributed by atoms with Crippen LogP contribution in [0.4, 0.5) is 11.5 Å². The van der Waals surface area contributed by atoms with Gasteiger partial charge in [0.15, 0.2) is 11.5 Å². The van der Waals surface area contributed by atoms with Gasteiger partial charge in [-0.1, -0.05) is 11.6 Å². The summed E-state index contributed by atoms with van der Waals surface area (Å²) >= 11 is 6.02. The Morgan fingerprint density at radius 2 is 2.00 bits per heavy atom. The first kappa shape index (κ1) is 19.4. The molecule has 1 amide bonds. The first-order valence-corrected chi connectivity index (χ1v) is 10.1. The molecule has 1 aliphatic rings. The molecule has 4 rings (SSSR count). The quantitative estimate of drug-likeness (QED) is 0.665. The molecular weight excluding hydrogens is 392 g/mol. The predicted molar refractivity (Wildman–Crippen MR) is 112 cm³/mol. The summed E-state index contributed by atoms with van der Waals surface area (Å²) in [5, 5.41) is 16.5. The molecule has 1 aromatic carbocycles. The van der Waals surface area contributed by atoms with Crippen LogP contribution in [0.15, 0.2) is 30.3 Å². The summed E-state index contributed by atoms with van der Waals surface area (Å²) in [6.07, 6.45) is 4.30. The molecule has 29 heavy (non-hydrogen) atoms. The number of halogens is 1. The summed E-state index contributed by atoms with van der Waals surface area (Å²) < 4.78 is 7.00. The van der Waals surface area contributed by atoms with Crippen molar-refractivity contribution in [3.63, 3.8) is 0 Å². The zero-order valence-electron chi connectivity index (χ0n) is 16.3. The van der Waals surface area contributed by atoms with E-state index in [0.29, 0.717) is 34.4 Å². The number of ether oxygens (including phenoxy) is 1. The lowest BCUT2D eigenvalue weighted by Gasteiger charge is -2.27. The fourth-order valence-electron chi connectivity index (χ4n) is 3.49. The summed E-state index contributed by atoms with van der Waals surface area (Å²) in [6, 6.07) is 9.00. The van der Waals surface area contributed by atoms with Crippen molar-refractivity contribution in [2.24, 2.45) is 0 Å². The minimum Gasteiger partial charge on any atom is -0.495 e. The van der Waals surface area contributed by atoms with Crippen LogP contribution in [0.1, 0.15) is 31.5 Å². The second-order valence-electron chi connectivity index (χ2n) is 7.02. The molecule has 0 saturated carbocycles. The molecule has 0 aliphatic carbocycles. The van der Waals surface area contributed by atoms with E-state index in [2.05, 4.69) is 20.4 Å². The smallest absolute Gasteiger partial charge is 0.224 e. The van der Waals surface area contributed by atoms with Crippen molar-refractivity contribution in [2.45, 2.75) is 32.1 Å². The molecule has 0 bridgehead atoms. The number of hydrogen-bond donors (Lipinski definition) is 1. The summed E-state index contributed by atoms with van der Waals surface area (Å²) in [5.41, 5.74) is 1.22. The van der Waals surface area contributed by atoms with Crippen LogP contribution < -0.4 is 15.0 Å². The molecule has 0 radical (unpaired) electrons. The molecular formula is C20H23ClN6O2. The fourth-order valence-corrected chi connectivity index (χ4v) is 3.66. The lowest BCUT2D eigenvalue weighted by Crippen LogP contribution is -2.30. The number of amides is 1. The van der Waals surface area contributed by atoms with Crippen LogP contribution in [0.2, 0.25) is 5.02 Å². The number of methoxy groups -OCH3 is 1. The SMILES string of the molecule is COc1ccc(Cl)cc1NC(=O)CCc1nnc2ccc(N3CCCCC3)nn12.